The summed E-state index contributed by atoms with van der Waals surface area (Å²) in [6.45, 7) is 5.12. The Hall–Kier alpha value is -2.19. The molecule has 26 heavy (non-hydrogen) atoms. The second kappa shape index (κ2) is 7.59. The minimum Gasteiger partial charge on any atom is -0.327 e. The fraction of sp³-hybridized carbons (Fsp3) is 0.444. The quantitative estimate of drug-likeness (QED) is 0.867. The summed E-state index contributed by atoms with van der Waals surface area (Å²) < 4.78 is 28.3. The van der Waals surface area contributed by atoms with Gasteiger partial charge in [-0.15, -0.1) is 0 Å². The van der Waals surface area contributed by atoms with Gasteiger partial charge >= 0.3 is 0 Å². The average Bonchev–Trinajstić information content (AvgIpc) is 3.04. The third kappa shape index (κ3) is 4.31. The van der Waals surface area contributed by atoms with Crippen LogP contribution in [0.2, 0.25) is 0 Å². The molecule has 1 amide bonds. The first-order valence-electron chi connectivity index (χ1n) is 8.73. The molecule has 140 valence electrons. The van der Waals surface area contributed by atoms with Gasteiger partial charge in [-0.05, 0) is 43.4 Å². The normalized spacial score (nSPS) is 16.5. The molecule has 2 aromatic rings. The maximum Gasteiger partial charge on any atom is 0.262 e. The van der Waals surface area contributed by atoms with Crippen molar-refractivity contribution in [2.45, 2.75) is 38.3 Å². The molecule has 1 aliphatic rings. The number of piperidine rings is 1. The SMILES string of the molecule is Cc1cccc(NC(=O)Cn2cnc(S(=O)(=O)N3CCC(C)CC3)c2)c1. The van der Waals surface area contributed by atoms with Gasteiger partial charge < -0.3 is 9.88 Å². The molecule has 1 fully saturated rings. The third-order valence-corrected chi connectivity index (χ3v) is 6.37. The minimum atomic E-state index is -3.60. The number of amides is 1. The molecule has 0 bridgehead atoms. The highest BCUT2D eigenvalue weighted by molar-refractivity contribution is 7.89. The molecule has 1 aliphatic heterocycles. The van der Waals surface area contributed by atoms with Crippen LogP contribution in [0.5, 0.6) is 0 Å². The van der Waals surface area contributed by atoms with E-state index in [0.717, 1.165) is 18.4 Å². The number of rotatable bonds is 5. The van der Waals surface area contributed by atoms with Gasteiger partial charge in [0.2, 0.25) is 5.91 Å². The predicted molar refractivity (Wildman–Crippen MR) is 99.2 cm³/mol. The number of carbonyl (C=O) groups is 1. The molecule has 1 aromatic heterocycles. The molecule has 1 N–H and O–H groups in total. The Morgan fingerprint density at radius 2 is 2.04 bits per heavy atom. The van der Waals surface area contributed by atoms with E-state index in [1.807, 2.05) is 31.2 Å². The highest BCUT2D eigenvalue weighted by Gasteiger charge is 2.29. The maximum absolute atomic E-state index is 12.7. The summed E-state index contributed by atoms with van der Waals surface area (Å²) in [7, 11) is -3.60. The van der Waals surface area contributed by atoms with Gasteiger partial charge in [0.15, 0.2) is 5.03 Å². The van der Waals surface area contributed by atoms with Crippen molar-refractivity contribution < 1.29 is 13.2 Å². The van der Waals surface area contributed by atoms with Crippen molar-refractivity contribution in [2.24, 2.45) is 5.92 Å². The number of sulfonamides is 1. The topological polar surface area (TPSA) is 84.3 Å². The van der Waals surface area contributed by atoms with Gasteiger partial charge in [0.25, 0.3) is 10.0 Å². The Balaban J connectivity index is 1.64. The number of imidazole rings is 1. The lowest BCUT2D eigenvalue weighted by Crippen LogP contribution is -2.38. The summed E-state index contributed by atoms with van der Waals surface area (Å²) in [4.78, 5) is 16.2. The van der Waals surface area contributed by atoms with Gasteiger partial charge in [0, 0.05) is 25.0 Å². The van der Waals surface area contributed by atoms with Crippen LogP contribution >= 0.6 is 0 Å². The Morgan fingerprint density at radius 1 is 1.31 bits per heavy atom. The van der Waals surface area contributed by atoms with E-state index in [9.17, 15) is 13.2 Å². The monoisotopic (exact) mass is 376 g/mol. The van der Waals surface area contributed by atoms with Gasteiger partial charge in [-0.2, -0.15) is 4.31 Å². The largest absolute Gasteiger partial charge is 0.327 e. The van der Waals surface area contributed by atoms with Crippen LogP contribution < -0.4 is 5.32 Å². The second-order valence-electron chi connectivity index (χ2n) is 6.89. The standard InChI is InChI=1S/C18H24N4O3S/c1-14-6-8-22(9-7-14)26(24,25)18-12-21(13-19-18)11-17(23)20-16-5-3-4-15(2)10-16/h3-5,10,12-14H,6-9,11H2,1-2H3,(H,20,23). The lowest BCUT2D eigenvalue weighted by molar-refractivity contribution is -0.116. The molecule has 0 saturated carbocycles. The third-order valence-electron chi connectivity index (χ3n) is 4.58. The Bertz CT molecular complexity index is 883. The first-order valence-corrected chi connectivity index (χ1v) is 10.2. The molecule has 2 heterocycles. The van der Waals surface area contributed by atoms with E-state index in [2.05, 4.69) is 17.2 Å². The van der Waals surface area contributed by atoms with Crippen LogP contribution in [0.15, 0.2) is 41.8 Å². The van der Waals surface area contributed by atoms with Crippen molar-refractivity contribution >= 4 is 21.6 Å². The molecular weight excluding hydrogens is 352 g/mol. The fourth-order valence-corrected chi connectivity index (χ4v) is 4.41. The van der Waals surface area contributed by atoms with Crippen molar-refractivity contribution in [3.05, 3.63) is 42.4 Å². The molecule has 1 saturated heterocycles. The molecule has 7 nitrogen and oxygen atoms in total. The Morgan fingerprint density at radius 3 is 2.73 bits per heavy atom. The van der Waals surface area contributed by atoms with Crippen LogP contribution in [-0.2, 0) is 21.4 Å². The lowest BCUT2D eigenvalue weighted by atomic mass is 10.0. The first kappa shape index (κ1) is 18.6. The zero-order valence-corrected chi connectivity index (χ0v) is 15.9. The smallest absolute Gasteiger partial charge is 0.262 e. The van der Waals surface area contributed by atoms with Crippen molar-refractivity contribution in [1.82, 2.24) is 13.9 Å². The van der Waals surface area contributed by atoms with E-state index in [-0.39, 0.29) is 17.5 Å². The van der Waals surface area contributed by atoms with E-state index < -0.39 is 10.0 Å². The number of benzene rings is 1. The molecule has 0 radical (unpaired) electrons. The van der Waals surface area contributed by atoms with Gasteiger partial charge in [-0.25, -0.2) is 13.4 Å². The summed E-state index contributed by atoms with van der Waals surface area (Å²) in [6.07, 6.45) is 4.52. The molecule has 0 atom stereocenters. The van der Waals surface area contributed by atoms with Crippen LogP contribution in [-0.4, -0.2) is 41.3 Å². The first-order chi connectivity index (χ1) is 12.3. The van der Waals surface area contributed by atoms with Gasteiger partial charge in [0.05, 0.1) is 6.33 Å². The van der Waals surface area contributed by atoms with Gasteiger partial charge in [0.1, 0.15) is 6.54 Å². The molecule has 1 aromatic carbocycles. The summed E-state index contributed by atoms with van der Waals surface area (Å²) >= 11 is 0. The number of anilines is 1. The zero-order chi connectivity index (χ0) is 18.7. The van der Waals surface area contributed by atoms with Gasteiger partial charge in [-0.1, -0.05) is 19.1 Å². The van der Waals surface area contributed by atoms with Crippen LogP contribution in [0.25, 0.3) is 0 Å². The van der Waals surface area contributed by atoms with E-state index in [1.165, 1.54) is 21.4 Å². The fourth-order valence-electron chi connectivity index (χ4n) is 3.01. The highest BCUT2D eigenvalue weighted by atomic mass is 32.2. The summed E-state index contributed by atoms with van der Waals surface area (Å²) in [5.74, 6) is 0.313. The molecule has 0 unspecified atom stereocenters. The number of hydrogen-bond donors (Lipinski definition) is 1. The maximum atomic E-state index is 12.7. The van der Waals surface area contributed by atoms with Crippen LogP contribution in [0.1, 0.15) is 25.3 Å². The summed E-state index contributed by atoms with van der Waals surface area (Å²) in [5.41, 5.74) is 1.76. The van der Waals surface area contributed by atoms with Gasteiger partial charge in [-0.3, -0.25) is 4.79 Å². The van der Waals surface area contributed by atoms with E-state index >= 15 is 0 Å². The van der Waals surface area contributed by atoms with Crippen LogP contribution in [0.4, 0.5) is 5.69 Å². The van der Waals surface area contributed by atoms with Crippen LogP contribution in [0.3, 0.4) is 0 Å². The molecular formula is C18H24N4O3S. The second-order valence-corrected chi connectivity index (χ2v) is 8.77. The summed E-state index contributed by atoms with van der Waals surface area (Å²) in [5, 5.41) is 2.80. The number of hydrogen-bond acceptors (Lipinski definition) is 4. The van der Waals surface area contributed by atoms with Crippen molar-refractivity contribution in [3.8, 4) is 0 Å². The Labute approximate surface area is 154 Å². The zero-order valence-electron chi connectivity index (χ0n) is 15.1. The highest BCUT2D eigenvalue weighted by Crippen LogP contribution is 2.22. The predicted octanol–water partition coefficient (Wildman–Crippen LogP) is 2.25. The van der Waals surface area contributed by atoms with Crippen molar-refractivity contribution in [2.75, 3.05) is 18.4 Å². The minimum absolute atomic E-state index is 0.00425. The number of nitrogens with zero attached hydrogens (tertiary/aromatic N) is 3. The molecule has 3 rings (SSSR count). The van der Waals surface area contributed by atoms with Crippen molar-refractivity contribution in [3.63, 3.8) is 0 Å². The van der Waals surface area contributed by atoms with E-state index in [4.69, 9.17) is 0 Å². The number of aryl methyl sites for hydroxylation is 1. The van der Waals surface area contributed by atoms with E-state index in [0.29, 0.717) is 24.7 Å². The molecule has 0 aliphatic carbocycles. The number of carbonyl (C=O) groups excluding carboxylic acids is 1. The number of nitrogens with one attached hydrogen (secondary N) is 1. The van der Waals surface area contributed by atoms with Crippen molar-refractivity contribution in [1.29, 1.82) is 0 Å². The van der Waals surface area contributed by atoms with E-state index in [1.54, 1.807) is 0 Å². The summed E-state index contributed by atoms with van der Waals surface area (Å²) in [6, 6.07) is 7.50. The molecule has 0 spiro atoms. The van der Waals surface area contributed by atoms with Crippen LogP contribution in [0, 0.1) is 12.8 Å². The molecule has 8 heteroatoms. The lowest BCUT2D eigenvalue weighted by Gasteiger charge is -2.28. The average molecular weight is 376 g/mol. The number of aromatic nitrogens is 2. The Kier molecular flexibility index (Phi) is 5.43.